The Morgan fingerprint density at radius 2 is 2.24 bits per heavy atom. The zero-order valence-electron chi connectivity index (χ0n) is 8.68. The summed E-state index contributed by atoms with van der Waals surface area (Å²) in [6, 6.07) is 0. The summed E-state index contributed by atoms with van der Waals surface area (Å²) in [7, 11) is 0. The summed E-state index contributed by atoms with van der Waals surface area (Å²) >= 11 is 0. The normalized spacial score (nSPS) is 10.6. The molecule has 0 radical (unpaired) electrons. The first kappa shape index (κ1) is 12.9. The third-order valence-electron chi connectivity index (χ3n) is 2.22. The van der Waals surface area contributed by atoms with Gasteiger partial charge < -0.3 is 15.2 Å². The zero-order chi connectivity index (χ0) is 13.2. The van der Waals surface area contributed by atoms with Crippen molar-refractivity contribution in [1.82, 2.24) is 4.98 Å². The number of hydrogen-bond acceptors (Lipinski definition) is 4. The maximum atomic E-state index is 12.5. The minimum Gasteiger partial charge on any atom is -0.481 e. The number of hydrogen-bond donors (Lipinski definition) is 1. The van der Waals surface area contributed by atoms with Crippen molar-refractivity contribution in [1.29, 1.82) is 0 Å². The summed E-state index contributed by atoms with van der Waals surface area (Å²) < 4.78 is 25.0. The van der Waals surface area contributed by atoms with Crippen LogP contribution in [0.2, 0.25) is 0 Å². The van der Waals surface area contributed by atoms with Crippen molar-refractivity contribution < 1.29 is 23.6 Å². The molecule has 1 aromatic rings. The molecule has 0 aliphatic carbocycles. The Morgan fingerprint density at radius 3 is 2.65 bits per heavy atom. The van der Waals surface area contributed by atoms with Crippen LogP contribution in [0.1, 0.15) is 23.1 Å². The van der Waals surface area contributed by atoms with Gasteiger partial charge in [-0.3, -0.25) is 4.79 Å². The fourth-order valence-corrected chi connectivity index (χ4v) is 1.39. The number of carboxylic acid groups (broad SMARTS) is 1. The van der Waals surface area contributed by atoms with Gasteiger partial charge in [0.25, 0.3) is 6.43 Å². The lowest BCUT2D eigenvalue weighted by atomic mass is 10.0. The second kappa shape index (κ2) is 4.81. The standard InChI is InChI=1S/C9H8F2N2O4/c1-4-5(2-7(14)15)9(13(16)17)12-3-6(4)8(10)11/h3,8H,2H2,1H3,(H,14,15). The molecule has 0 bridgehead atoms. The van der Waals surface area contributed by atoms with Gasteiger partial charge in [-0.2, -0.15) is 0 Å². The van der Waals surface area contributed by atoms with Crippen molar-refractivity contribution in [3.8, 4) is 0 Å². The highest BCUT2D eigenvalue weighted by atomic mass is 19.3. The van der Waals surface area contributed by atoms with E-state index in [-0.39, 0.29) is 11.1 Å². The number of aliphatic carboxylic acids is 1. The first-order chi connectivity index (χ1) is 7.84. The highest BCUT2D eigenvalue weighted by molar-refractivity contribution is 5.72. The molecule has 0 amide bonds. The molecule has 0 aromatic carbocycles. The number of nitrogens with zero attached hydrogens (tertiary/aromatic N) is 2. The molecule has 0 aliphatic rings. The van der Waals surface area contributed by atoms with Crippen LogP contribution in [0.4, 0.5) is 14.6 Å². The topological polar surface area (TPSA) is 93.3 Å². The van der Waals surface area contributed by atoms with Crippen LogP contribution in [-0.2, 0) is 11.2 Å². The van der Waals surface area contributed by atoms with Crippen LogP contribution in [0, 0.1) is 17.0 Å². The third kappa shape index (κ3) is 2.71. The third-order valence-corrected chi connectivity index (χ3v) is 2.22. The Balaban J connectivity index is 3.41. The molecule has 0 saturated heterocycles. The van der Waals surface area contributed by atoms with E-state index in [0.717, 1.165) is 0 Å². The lowest BCUT2D eigenvalue weighted by Gasteiger charge is -2.07. The molecule has 92 valence electrons. The molecule has 1 N–H and O–H groups in total. The largest absolute Gasteiger partial charge is 0.481 e. The molecule has 6 nitrogen and oxygen atoms in total. The first-order valence-electron chi connectivity index (χ1n) is 4.47. The molecule has 1 rings (SSSR count). The van der Waals surface area contributed by atoms with E-state index in [1.54, 1.807) is 0 Å². The molecular formula is C9H8F2N2O4. The summed E-state index contributed by atoms with van der Waals surface area (Å²) in [6.07, 6.45) is -2.87. The Kier molecular flexibility index (Phi) is 3.66. The monoisotopic (exact) mass is 246 g/mol. The van der Waals surface area contributed by atoms with Gasteiger partial charge in [-0.25, -0.2) is 8.78 Å². The Labute approximate surface area is 94.1 Å². The average Bonchev–Trinajstić information content (AvgIpc) is 2.19. The summed E-state index contributed by atoms with van der Waals surface area (Å²) in [5.74, 6) is -2.04. The Morgan fingerprint density at radius 1 is 1.65 bits per heavy atom. The molecule has 0 aliphatic heterocycles. The number of rotatable bonds is 4. The van der Waals surface area contributed by atoms with Crippen molar-refractivity contribution in [3.05, 3.63) is 33.0 Å². The smallest absolute Gasteiger partial charge is 0.367 e. The van der Waals surface area contributed by atoms with Gasteiger partial charge in [0.15, 0.2) is 0 Å². The average molecular weight is 246 g/mol. The van der Waals surface area contributed by atoms with Crippen molar-refractivity contribution in [3.63, 3.8) is 0 Å². The predicted molar refractivity (Wildman–Crippen MR) is 51.9 cm³/mol. The Bertz CT molecular complexity index is 476. The van der Waals surface area contributed by atoms with Crippen LogP contribution in [0.3, 0.4) is 0 Å². The molecule has 0 fully saturated rings. The van der Waals surface area contributed by atoms with Crippen LogP contribution < -0.4 is 0 Å². The van der Waals surface area contributed by atoms with Crippen LogP contribution in [0.15, 0.2) is 6.20 Å². The number of carboxylic acids is 1. The highest BCUT2D eigenvalue weighted by Gasteiger charge is 2.25. The van der Waals surface area contributed by atoms with E-state index >= 15 is 0 Å². The van der Waals surface area contributed by atoms with Gasteiger partial charge in [-0.15, -0.1) is 0 Å². The summed E-state index contributed by atoms with van der Waals surface area (Å²) in [5.41, 5.74) is -0.892. The maximum Gasteiger partial charge on any atom is 0.367 e. The number of alkyl halides is 2. The fourth-order valence-electron chi connectivity index (χ4n) is 1.39. The minimum absolute atomic E-state index is 0.107. The highest BCUT2D eigenvalue weighted by Crippen LogP contribution is 2.29. The van der Waals surface area contributed by atoms with E-state index < -0.39 is 35.1 Å². The molecule has 1 heterocycles. The van der Waals surface area contributed by atoms with E-state index in [9.17, 15) is 23.7 Å². The number of pyridine rings is 1. The Hall–Kier alpha value is -2.12. The van der Waals surface area contributed by atoms with E-state index in [1.165, 1.54) is 6.92 Å². The van der Waals surface area contributed by atoms with Crippen LogP contribution in [0.25, 0.3) is 0 Å². The fraction of sp³-hybridized carbons (Fsp3) is 0.333. The van der Waals surface area contributed by atoms with Crippen LogP contribution >= 0.6 is 0 Å². The van der Waals surface area contributed by atoms with Crippen molar-refractivity contribution in [2.24, 2.45) is 0 Å². The summed E-state index contributed by atoms with van der Waals surface area (Å²) in [4.78, 5) is 23.5. The van der Waals surface area contributed by atoms with Gasteiger partial charge in [0, 0.05) is 0 Å². The van der Waals surface area contributed by atoms with E-state index in [0.29, 0.717) is 6.20 Å². The van der Waals surface area contributed by atoms with E-state index in [4.69, 9.17) is 5.11 Å². The molecule has 0 atom stereocenters. The van der Waals surface area contributed by atoms with Gasteiger partial charge in [-0.1, -0.05) is 0 Å². The van der Waals surface area contributed by atoms with Gasteiger partial charge >= 0.3 is 11.8 Å². The van der Waals surface area contributed by atoms with Gasteiger partial charge in [-0.05, 0) is 22.4 Å². The molecule has 17 heavy (non-hydrogen) atoms. The molecular weight excluding hydrogens is 238 g/mol. The summed E-state index contributed by atoms with van der Waals surface area (Å²) in [6.45, 7) is 1.22. The van der Waals surface area contributed by atoms with Gasteiger partial charge in [0.05, 0.1) is 17.5 Å². The molecule has 1 aromatic heterocycles. The summed E-state index contributed by atoms with van der Waals surface area (Å²) in [5, 5.41) is 19.2. The zero-order valence-corrected chi connectivity index (χ0v) is 8.68. The number of aromatic nitrogens is 1. The first-order valence-corrected chi connectivity index (χ1v) is 4.47. The van der Waals surface area contributed by atoms with Crippen molar-refractivity contribution in [2.45, 2.75) is 19.8 Å². The van der Waals surface area contributed by atoms with E-state index in [1.807, 2.05) is 0 Å². The molecule has 8 heteroatoms. The molecule has 0 unspecified atom stereocenters. The predicted octanol–water partition coefficient (Wildman–Crippen LogP) is 1.86. The minimum atomic E-state index is -2.85. The van der Waals surface area contributed by atoms with Gasteiger partial charge in [0.2, 0.25) is 0 Å². The SMILES string of the molecule is Cc1c(C(F)F)cnc([N+](=O)[O-])c1CC(=O)O. The van der Waals surface area contributed by atoms with Crippen molar-refractivity contribution >= 4 is 11.8 Å². The second-order valence-electron chi connectivity index (χ2n) is 3.27. The van der Waals surface area contributed by atoms with Gasteiger partial charge in [0.1, 0.15) is 6.20 Å². The molecule has 0 spiro atoms. The van der Waals surface area contributed by atoms with Crippen LogP contribution in [0.5, 0.6) is 0 Å². The lowest BCUT2D eigenvalue weighted by molar-refractivity contribution is -0.390. The number of carbonyl (C=O) groups is 1. The number of nitro groups is 1. The molecule has 0 saturated carbocycles. The van der Waals surface area contributed by atoms with E-state index in [2.05, 4.69) is 4.98 Å². The maximum absolute atomic E-state index is 12.5. The lowest BCUT2D eigenvalue weighted by Crippen LogP contribution is -2.09. The second-order valence-corrected chi connectivity index (χ2v) is 3.27. The van der Waals surface area contributed by atoms with Crippen molar-refractivity contribution in [2.75, 3.05) is 0 Å². The van der Waals surface area contributed by atoms with Crippen LogP contribution in [-0.4, -0.2) is 21.0 Å². The quantitative estimate of drug-likeness (QED) is 0.646. The number of halogens is 2.